The second kappa shape index (κ2) is 9.74. The zero-order chi connectivity index (χ0) is 30.4. The molecule has 46 heavy (non-hydrogen) atoms. The number of aromatic nitrogens is 3. The van der Waals surface area contributed by atoms with Crippen LogP contribution in [0.3, 0.4) is 0 Å². The van der Waals surface area contributed by atoms with E-state index >= 15 is 0 Å². The smallest absolute Gasteiger partial charge is 0.238 e. The van der Waals surface area contributed by atoms with E-state index in [2.05, 4.69) is 139 Å². The maximum Gasteiger partial charge on any atom is 0.238 e. The summed E-state index contributed by atoms with van der Waals surface area (Å²) in [6.07, 6.45) is 5.22. The number of benzene rings is 5. The van der Waals surface area contributed by atoms with Crippen LogP contribution in [0.2, 0.25) is 0 Å². The van der Waals surface area contributed by atoms with Gasteiger partial charge in [-0.05, 0) is 59.9 Å². The Bertz CT molecular complexity index is 2690. The minimum Gasteiger partial charge on any atom is -0.438 e. The molecule has 0 saturated heterocycles. The number of allylic oxidation sites excluding steroid dienone is 1. The lowest BCUT2D eigenvalue weighted by Crippen LogP contribution is -2.05. The zero-order valence-electron chi connectivity index (χ0n) is 25.1. The summed E-state index contributed by atoms with van der Waals surface area (Å²) >= 11 is 1.84. The Morgan fingerprint density at radius 2 is 1.46 bits per heavy atom. The van der Waals surface area contributed by atoms with E-state index in [9.17, 15) is 0 Å². The van der Waals surface area contributed by atoms with Crippen molar-refractivity contribution >= 4 is 70.5 Å². The Kier molecular flexibility index (Phi) is 5.46. The van der Waals surface area contributed by atoms with Gasteiger partial charge in [0.15, 0.2) is 0 Å². The molecule has 0 spiro atoms. The number of fused-ring (bicyclic) bond motifs is 9. The number of hydrogen-bond acceptors (Lipinski definition) is 4. The molecule has 1 aliphatic carbocycles. The third kappa shape index (κ3) is 3.79. The van der Waals surface area contributed by atoms with Crippen molar-refractivity contribution < 1.29 is 4.42 Å². The van der Waals surface area contributed by atoms with Crippen LogP contribution in [0.4, 0.5) is 0 Å². The van der Waals surface area contributed by atoms with Crippen molar-refractivity contribution in [3.05, 3.63) is 133 Å². The number of thiophene rings is 1. The third-order valence-electron chi connectivity index (χ3n) is 9.39. The maximum absolute atomic E-state index is 6.54. The molecule has 0 N–H and O–H groups in total. The molecule has 0 aliphatic heterocycles. The fourth-order valence-electron chi connectivity index (χ4n) is 7.23. The standard InChI is InChI=1S/C41H27N3OS/c1-24-18-19-35-32(20-24)38-39(27-13-9-12-26(21-27)25-10-3-2-4-11-25)42-41(43-40(38)45-35)44-33-16-7-5-14-28(33)30-23-37-31(22-34(30)44)29-15-6-8-17-36(29)46-37/h2-19,21-24H,20H2,1H3. The van der Waals surface area contributed by atoms with Gasteiger partial charge in [-0.15, -0.1) is 11.3 Å². The van der Waals surface area contributed by atoms with Gasteiger partial charge in [0.05, 0.1) is 22.1 Å². The molecule has 0 radical (unpaired) electrons. The Morgan fingerprint density at radius 1 is 0.674 bits per heavy atom. The molecule has 9 aromatic rings. The van der Waals surface area contributed by atoms with Gasteiger partial charge in [0.1, 0.15) is 5.76 Å². The molecule has 0 fully saturated rings. The SMILES string of the molecule is CC1C=Cc2oc3nc(-n4c5ccccc5c5cc6sc7ccccc7c6cc54)nc(-c4cccc(-c5ccccc5)c4)c3c2C1. The molecule has 1 aliphatic rings. The molecule has 4 aromatic heterocycles. The van der Waals surface area contributed by atoms with Crippen LogP contribution < -0.4 is 0 Å². The summed E-state index contributed by atoms with van der Waals surface area (Å²) in [7, 11) is 0. The van der Waals surface area contributed by atoms with E-state index in [1.165, 1.54) is 42.1 Å². The van der Waals surface area contributed by atoms with Crippen molar-refractivity contribution in [2.75, 3.05) is 0 Å². The van der Waals surface area contributed by atoms with Gasteiger partial charge in [-0.1, -0.05) is 97.9 Å². The van der Waals surface area contributed by atoms with Gasteiger partial charge >= 0.3 is 0 Å². The Balaban J connectivity index is 1.30. The van der Waals surface area contributed by atoms with Gasteiger partial charge in [-0.2, -0.15) is 4.98 Å². The van der Waals surface area contributed by atoms with Crippen molar-refractivity contribution in [1.82, 2.24) is 14.5 Å². The highest BCUT2D eigenvalue weighted by Gasteiger charge is 2.26. The van der Waals surface area contributed by atoms with E-state index in [1.807, 2.05) is 11.3 Å². The Morgan fingerprint density at radius 3 is 2.37 bits per heavy atom. The van der Waals surface area contributed by atoms with Gasteiger partial charge in [0.25, 0.3) is 0 Å². The third-order valence-corrected chi connectivity index (χ3v) is 10.5. The average Bonchev–Trinajstić information content (AvgIpc) is 3.76. The fourth-order valence-corrected chi connectivity index (χ4v) is 8.36. The predicted octanol–water partition coefficient (Wildman–Crippen LogP) is 11.2. The van der Waals surface area contributed by atoms with Crippen molar-refractivity contribution in [2.45, 2.75) is 13.3 Å². The molecule has 0 bridgehead atoms. The molecule has 218 valence electrons. The molecule has 1 atom stereocenters. The fraction of sp³-hybridized carbons (Fsp3) is 0.0732. The van der Waals surface area contributed by atoms with E-state index in [1.54, 1.807) is 0 Å². The van der Waals surface area contributed by atoms with Crippen LogP contribution in [0.1, 0.15) is 18.2 Å². The average molecular weight is 610 g/mol. The van der Waals surface area contributed by atoms with Crippen LogP contribution in [0.25, 0.3) is 87.5 Å². The number of furan rings is 1. The number of para-hydroxylation sites is 1. The van der Waals surface area contributed by atoms with Crippen molar-refractivity contribution in [3.8, 4) is 28.3 Å². The van der Waals surface area contributed by atoms with E-state index in [0.717, 1.165) is 45.4 Å². The van der Waals surface area contributed by atoms with E-state index < -0.39 is 0 Å². The summed E-state index contributed by atoms with van der Waals surface area (Å²) in [5.74, 6) is 1.91. The molecule has 5 heteroatoms. The molecule has 0 saturated carbocycles. The first-order valence-electron chi connectivity index (χ1n) is 15.7. The monoisotopic (exact) mass is 609 g/mol. The first-order valence-corrected chi connectivity index (χ1v) is 16.5. The lowest BCUT2D eigenvalue weighted by atomic mass is 9.92. The first-order chi connectivity index (χ1) is 22.7. The van der Waals surface area contributed by atoms with E-state index in [0.29, 0.717) is 17.6 Å². The van der Waals surface area contributed by atoms with Gasteiger partial charge in [-0.3, -0.25) is 4.57 Å². The quantitative estimate of drug-likeness (QED) is 0.200. The Labute approximate surface area is 268 Å². The highest BCUT2D eigenvalue weighted by Crippen LogP contribution is 2.42. The first kappa shape index (κ1) is 25.8. The molecule has 5 aromatic carbocycles. The topological polar surface area (TPSA) is 43.9 Å². The summed E-state index contributed by atoms with van der Waals surface area (Å²) in [6.45, 7) is 2.25. The summed E-state index contributed by atoms with van der Waals surface area (Å²) in [6, 6.07) is 41.1. The van der Waals surface area contributed by atoms with E-state index in [4.69, 9.17) is 14.4 Å². The lowest BCUT2D eigenvalue weighted by molar-refractivity contribution is 0.573. The number of nitrogens with zero attached hydrogens (tertiary/aromatic N) is 3. The molecule has 1 unspecified atom stereocenters. The van der Waals surface area contributed by atoms with Crippen molar-refractivity contribution in [3.63, 3.8) is 0 Å². The van der Waals surface area contributed by atoms with E-state index in [-0.39, 0.29) is 0 Å². The lowest BCUT2D eigenvalue weighted by Gasteiger charge is -2.13. The van der Waals surface area contributed by atoms with Crippen LogP contribution in [0.15, 0.2) is 126 Å². The zero-order valence-corrected chi connectivity index (χ0v) is 25.9. The van der Waals surface area contributed by atoms with Crippen molar-refractivity contribution in [1.29, 1.82) is 0 Å². The highest BCUT2D eigenvalue weighted by atomic mass is 32.1. The van der Waals surface area contributed by atoms with Gasteiger partial charge < -0.3 is 4.42 Å². The number of hydrogen-bond donors (Lipinski definition) is 0. The summed E-state index contributed by atoms with van der Waals surface area (Å²) in [4.78, 5) is 10.7. The second-order valence-electron chi connectivity index (χ2n) is 12.3. The molecule has 10 rings (SSSR count). The maximum atomic E-state index is 6.54. The summed E-state index contributed by atoms with van der Waals surface area (Å²) in [5.41, 5.74) is 8.26. The summed E-state index contributed by atoms with van der Waals surface area (Å²) < 4.78 is 11.3. The van der Waals surface area contributed by atoms with Gasteiger partial charge in [-0.25, -0.2) is 4.98 Å². The van der Waals surface area contributed by atoms with Crippen LogP contribution in [-0.2, 0) is 6.42 Å². The largest absolute Gasteiger partial charge is 0.438 e. The Hall–Kier alpha value is -5.52. The molecular weight excluding hydrogens is 583 g/mol. The minimum atomic E-state index is 0.414. The minimum absolute atomic E-state index is 0.414. The normalized spacial score (nSPS) is 14.7. The predicted molar refractivity (Wildman–Crippen MR) is 192 cm³/mol. The second-order valence-corrected chi connectivity index (χ2v) is 13.4. The van der Waals surface area contributed by atoms with Crippen LogP contribution in [-0.4, -0.2) is 14.5 Å². The number of rotatable bonds is 3. The van der Waals surface area contributed by atoms with Crippen molar-refractivity contribution in [2.24, 2.45) is 5.92 Å². The molecule has 4 heterocycles. The van der Waals surface area contributed by atoms with Crippen LogP contribution in [0.5, 0.6) is 0 Å². The molecule has 0 amide bonds. The molecule has 4 nitrogen and oxygen atoms in total. The van der Waals surface area contributed by atoms with Crippen LogP contribution >= 0.6 is 11.3 Å². The van der Waals surface area contributed by atoms with Gasteiger partial charge in [0, 0.05) is 42.1 Å². The highest BCUT2D eigenvalue weighted by molar-refractivity contribution is 7.25. The van der Waals surface area contributed by atoms with Gasteiger partial charge in [0.2, 0.25) is 11.7 Å². The molecular formula is C41H27N3OS. The van der Waals surface area contributed by atoms with Crippen LogP contribution in [0, 0.1) is 5.92 Å². The summed E-state index contributed by atoms with van der Waals surface area (Å²) in [5, 5.41) is 5.91.